The lowest BCUT2D eigenvalue weighted by atomic mass is 9.81. The number of benzene rings is 2. The average molecular weight is 379 g/mol. The zero-order chi connectivity index (χ0) is 20.0. The van der Waals surface area contributed by atoms with Gasteiger partial charge in [-0.05, 0) is 56.2 Å². The van der Waals surface area contributed by atoms with Gasteiger partial charge in [0, 0.05) is 16.9 Å². The number of carbonyl (C=O) groups excluding carboxylic acids is 3. The maximum Gasteiger partial charge on any atom is 0.320 e. The van der Waals surface area contributed by atoms with Crippen molar-refractivity contribution in [2.75, 3.05) is 10.6 Å². The largest absolute Gasteiger partial charge is 0.324 e. The molecule has 0 saturated heterocycles. The van der Waals surface area contributed by atoms with Crippen LogP contribution in [0.5, 0.6) is 0 Å². The SMILES string of the molecule is CC(=O)c1ccc(NC(=O)C2(NC(=O)Nc3ccccc3)CCCCC2)cc1. The van der Waals surface area contributed by atoms with Gasteiger partial charge in [-0.2, -0.15) is 0 Å². The molecule has 0 radical (unpaired) electrons. The Labute approximate surface area is 164 Å². The summed E-state index contributed by atoms with van der Waals surface area (Å²) < 4.78 is 0. The summed E-state index contributed by atoms with van der Waals surface area (Å²) in [5.74, 6) is -0.258. The van der Waals surface area contributed by atoms with Gasteiger partial charge in [0.05, 0.1) is 0 Å². The first-order chi connectivity index (χ1) is 13.5. The van der Waals surface area contributed by atoms with E-state index in [0.29, 0.717) is 29.8 Å². The molecule has 3 rings (SSSR count). The van der Waals surface area contributed by atoms with Crippen molar-refractivity contribution in [2.24, 2.45) is 0 Å². The average Bonchev–Trinajstić information content (AvgIpc) is 2.69. The first kappa shape index (κ1) is 19.6. The normalized spacial score (nSPS) is 15.3. The van der Waals surface area contributed by atoms with Gasteiger partial charge in [-0.3, -0.25) is 9.59 Å². The van der Waals surface area contributed by atoms with E-state index in [-0.39, 0.29) is 11.7 Å². The maximum absolute atomic E-state index is 13.1. The number of rotatable bonds is 5. The second-order valence-corrected chi connectivity index (χ2v) is 7.18. The summed E-state index contributed by atoms with van der Waals surface area (Å²) >= 11 is 0. The number of para-hydroxylation sites is 1. The van der Waals surface area contributed by atoms with Crippen molar-refractivity contribution in [3.8, 4) is 0 Å². The highest BCUT2D eigenvalue weighted by molar-refractivity contribution is 6.02. The monoisotopic (exact) mass is 379 g/mol. The predicted octanol–water partition coefficient (Wildman–Crippen LogP) is 4.35. The molecule has 2 aromatic carbocycles. The zero-order valence-electron chi connectivity index (χ0n) is 16.0. The van der Waals surface area contributed by atoms with E-state index in [0.717, 1.165) is 19.3 Å². The van der Waals surface area contributed by atoms with Crippen LogP contribution < -0.4 is 16.0 Å². The van der Waals surface area contributed by atoms with Gasteiger partial charge in [0.2, 0.25) is 5.91 Å². The highest BCUT2D eigenvalue weighted by Crippen LogP contribution is 2.30. The second-order valence-electron chi connectivity index (χ2n) is 7.18. The molecule has 2 aromatic rings. The molecule has 0 aromatic heterocycles. The Bertz CT molecular complexity index is 841. The lowest BCUT2D eigenvalue weighted by molar-refractivity contribution is -0.123. The number of carbonyl (C=O) groups is 3. The Morgan fingerprint density at radius 3 is 2.00 bits per heavy atom. The Balaban J connectivity index is 1.71. The number of amides is 3. The summed E-state index contributed by atoms with van der Waals surface area (Å²) in [6.07, 6.45) is 3.98. The number of anilines is 2. The molecule has 0 heterocycles. The fourth-order valence-electron chi connectivity index (χ4n) is 3.50. The van der Waals surface area contributed by atoms with Crippen LogP contribution in [0.15, 0.2) is 54.6 Å². The van der Waals surface area contributed by atoms with Crippen LogP contribution in [0.4, 0.5) is 16.2 Å². The number of urea groups is 1. The molecule has 3 amide bonds. The van der Waals surface area contributed by atoms with E-state index < -0.39 is 11.6 Å². The van der Waals surface area contributed by atoms with Crippen LogP contribution in [-0.2, 0) is 4.79 Å². The van der Waals surface area contributed by atoms with E-state index in [2.05, 4.69) is 16.0 Å². The Kier molecular flexibility index (Phi) is 6.09. The molecule has 3 N–H and O–H groups in total. The van der Waals surface area contributed by atoms with E-state index in [1.807, 2.05) is 18.2 Å². The van der Waals surface area contributed by atoms with Crippen molar-refractivity contribution in [1.82, 2.24) is 5.32 Å². The molecular weight excluding hydrogens is 354 g/mol. The van der Waals surface area contributed by atoms with Gasteiger partial charge in [0.25, 0.3) is 0 Å². The molecule has 0 spiro atoms. The minimum Gasteiger partial charge on any atom is -0.324 e. The molecule has 0 atom stereocenters. The van der Waals surface area contributed by atoms with Crippen LogP contribution in [0.3, 0.4) is 0 Å². The molecule has 1 aliphatic carbocycles. The lowest BCUT2D eigenvalue weighted by Crippen LogP contribution is -2.58. The summed E-state index contributed by atoms with van der Waals surface area (Å²) in [7, 11) is 0. The Hall–Kier alpha value is -3.15. The van der Waals surface area contributed by atoms with Crippen molar-refractivity contribution in [1.29, 1.82) is 0 Å². The molecule has 28 heavy (non-hydrogen) atoms. The van der Waals surface area contributed by atoms with Crippen molar-refractivity contribution in [3.05, 3.63) is 60.2 Å². The fraction of sp³-hybridized carbons (Fsp3) is 0.318. The Morgan fingerprint density at radius 2 is 1.39 bits per heavy atom. The molecule has 0 aliphatic heterocycles. The molecule has 0 unspecified atom stereocenters. The molecule has 6 heteroatoms. The van der Waals surface area contributed by atoms with E-state index >= 15 is 0 Å². The van der Waals surface area contributed by atoms with Crippen LogP contribution in [0.1, 0.15) is 49.4 Å². The third kappa shape index (κ3) is 4.76. The van der Waals surface area contributed by atoms with Crippen molar-refractivity contribution in [3.63, 3.8) is 0 Å². The highest BCUT2D eigenvalue weighted by Gasteiger charge is 2.41. The topological polar surface area (TPSA) is 87.3 Å². The molecule has 1 saturated carbocycles. The van der Waals surface area contributed by atoms with Crippen molar-refractivity contribution < 1.29 is 14.4 Å². The minimum atomic E-state index is -0.948. The van der Waals surface area contributed by atoms with Gasteiger partial charge in [0.1, 0.15) is 5.54 Å². The van der Waals surface area contributed by atoms with E-state index in [1.54, 1.807) is 36.4 Å². The van der Waals surface area contributed by atoms with E-state index in [4.69, 9.17) is 0 Å². The first-order valence-corrected chi connectivity index (χ1v) is 9.55. The first-order valence-electron chi connectivity index (χ1n) is 9.55. The van der Waals surface area contributed by atoms with Gasteiger partial charge in [-0.15, -0.1) is 0 Å². The number of Topliss-reactive ketones (excluding diaryl/α,β-unsaturated/α-hetero) is 1. The van der Waals surface area contributed by atoms with Crippen LogP contribution in [-0.4, -0.2) is 23.3 Å². The van der Waals surface area contributed by atoms with Crippen LogP contribution in [0.2, 0.25) is 0 Å². The second kappa shape index (κ2) is 8.69. The van der Waals surface area contributed by atoms with Gasteiger partial charge < -0.3 is 16.0 Å². The van der Waals surface area contributed by atoms with Crippen molar-refractivity contribution >= 4 is 29.1 Å². The summed E-state index contributed by atoms with van der Waals surface area (Å²) in [6.45, 7) is 1.50. The highest BCUT2D eigenvalue weighted by atomic mass is 16.2. The summed E-state index contributed by atoms with van der Waals surface area (Å²) in [4.78, 5) is 37.0. The molecular formula is C22H25N3O3. The molecule has 1 fully saturated rings. The molecule has 6 nitrogen and oxygen atoms in total. The van der Waals surface area contributed by atoms with Gasteiger partial charge in [-0.1, -0.05) is 37.5 Å². The number of ketones is 1. The van der Waals surface area contributed by atoms with Crippen molar-refractivity contribution in [2.45, 2.75) is 44.6 Å². The smallest absolute Gasteiger partial charge is 0.320 e. The Morgan fingerprint density at radius 1 is 0.786 bits per heavy atom. The summed E-state index contributed by atoms with van der Waals surface area (Å²) in [6, 6.07) is 15.5. The molecule has 1 aliphatic rings. The zero-order valence-corrected chi connectivity index (χ0v) is 16.0. The standard InChI is InChI=1S/C22H25N3O3/c1-16(26)17-10-12-19(13-11-17)23-20(27)22(14-6-3-7-15-22)25-21(28)24-18-8-4-2-5-9-18/h2,4-5,8-13H,3,6-7,14-15H2,1H3,(H,23,27)(H2,24,25,28). The van der Waals surface area contributed by atoms with Crippen LogP contribution >= 0.6 is 0 Å². The molecule has 0 bridgehead atoms. The summed E-state index contributed by atoms with van der Waals surface area (Å²) in [5.41, 5.74) is 0.915. The third-order valence-electron chi connectivity index (χ3n) is 5.08. The minimum absolute atomic E-state index is 0.0270. The van der Waals surface area contributed by atoms with Crippen LogP contribution in [0.25, 0.3) is 0 Å². The van der Waals surface area contributed by atoms with Gasteiger partial charge >= 0.3 is 6.03 Å². The number of hydrogen-bond donors (Lipinski definition) is 3. The summed E-state index contributed by atoms with van der Waals surface area (Å²) in [5, 5.41) is 8.59. The predicted molar refractivity (Wildman–Crippen MR) is 109 cm³/mol. The number of nitrogens with one attached hydrogen (secondary N) is 3. The number of hydrogen-bond acceptors (Lipinski definition) is 3. The molecule has 146 valence electrons. The van der Waals surface area contributed by atoms with Gasteiger partial charge in [-0.25, -0.2) is 4.79 Å². The third-order valence-corrected chi connectivity index (χ3v) is 5.08. The van der Waals surface area contributed by atoms with E-state index in [9.17, 15) is 14.4 Å². The van der Waals surface area contributed by atoms with E-state index in [1.165, 1.54) is 6.92 Å². The van der Waals surface area contributed by atoms with Gasteiger partial charge in [0.15, 0.2) is 5.78 Å². The van der Waals surface area contributed by atoms with Crippen LogP contribution in [0, 0.1) is 0 Å². The maximum atomic E-state index is 13.1. The fourth-order valence-corrected chi connectivity index (χ4v) is 3.50. The quantitative estimate of drug-likeness (QED) is 0.675. The lowest BCUT2D eigenvalue weighted by Gasteiger charge is -2.36.